The standard InChI is InChI=1S/C15H21NO2/c1-10-7-11(2)14(12(3)8-10)15(18)16-6-4-5-13(16)9-17/h7-8,13,17H,4-6,9H2,1-3H3/t13-/m0/s1. The fourth-order valence-electron chi connectivity index (χ4n) is 2.95. The zero-order valence-electron chi connectivity index (χ0n) is 11.4. The summed E-state index contributed by atoms with van der Waals surface area (Å²) in [6.45, 7) is 6.83. The van der Waals surface area contributed by atoms with Crippen LogP contribution in [0.25, 0.3) is 0 Å². The second kappa shape index (κ2) is 5.11. The molecule has 0 spiro atoms. The quantitative estimate of drug-likeness (QED) is 0.870. The highest BCUT2D eigenvalue weighted by Gasteiger charge is 2.30. The van der Waals surface area contributed by atoms with Crippen LogP contribution in [0.5, 0.6) is 0 Å². The first-order valence-corrected chi connectivity index (χ1v) is 6.54. The van der Waals surface area contributed by atoms with E-state index in [2.05, 4.69) is 0 Å². The Balaban J connectivity index is 2.34. The molecule has 1 aliphatic rings. The number of carbonyl (C=O) groups is 1. The summed E-state index contributed by atoms with van der Waals surface area (Å²) in [5, 5.41) is 9.32. The Morgan fingerprint density at radius 3 is 2.50 bits per heavy atom. The van der Waals surface area contributed by atoms with E-state index in [-0.39, 0.29) is 18.6 Å². The van der Waals surface area contributed by atoms with Gasteiger partial charge in [-0.2, -0.15) is 0 Å². The number of hydrogen-bond acceptors (Lipinski definition) is 2. The molecule has 98 valence electrons. The number of amides is 1. The molecule has 0 bridgehead atoms. The molecule has 2 rings (SSSR count). The topological polar surface area (TPSA) is 40.5 Å². The van der Waals surface area contributed by atoms with Crippen molar-refractivity contribution in [1.82, 2.24) is 4.90 Å². The summed E-state index contributed by atoms with van der Waals surface area (Å²) >= 11 is 0. The lowest BCUT2D eigenvalue weighted by molar-refractivity contribution is 0.0676. The van der Waals surface area contributed by atoms with Gasteiger partial charge in [-0.1, -0.05) is 17.7 Å². The van der Waals surface area contributed by atoms with E-state index >= 15 is 0 Å². The number of likely N-dealkylation sites (tertiary alicyclic amines) is 1. The summed E-state index contributed by atoms with van der Waals surface area (Å²) in [5.74, 6) is 0.0709. The zero-order chi connectivity index (χ0) is 13.3. The molecule has 1 amide bonds. The SMILES string of the molecule is Cc1cc(C)c(C(=O)N2CCC[C@H]2CO)c(C)c1. The number of nitrogens with zero attached hydrogens (tertiary/aromatic N) is 1. The van der Waals surface area contributed by atoms with Gasteiger partial charge in [0, 0.05) is 12.1 Å². The maximum Gasteiger partial charge on any atom is 0.254 e. The van der Waals surface area contributed by atoms with Crippen molar-refractivity contribution in [2.24, 2.45) is 0 Å². The van der Waals surface area contributed by atoms with E-state index in [9.17, 15) is 9.90 Å². The van der Waals surface area contributed by atoms with Gasteiger partial charge in [0.2, 0.25) is 0 Å². The lowest BCUT2D eigenvalue weighted by Gasteiger charge is -2.25. The van der Waals surface area contributed by atoms with Gasteiger partial charge in [-0.05, 0) is 44.7 Å². The first kappa shape index (κ1) is 13.1. The third-order valence-corrected chi connectivity index (χ3v) is 3.74. The molecule has 18 heavy (non-hydrogen) atoms. The Hall–Kier alpha value is -1.35. The maximum atomic E-state index is 12.6. The van der Waals surface area contributed by atoms with E-state index in [0.29, 0.717) is 0 Å². The van der Waals surface area contributed by atoms with Crippen LogP contribution in [0.4, 0.5) is 0 Å². The number of hydrogen-bond donors (Lipinski definition) is 1. The summed E-state index contributed by atoms with van der Waals surface area (Å²) in [5.41, 5.74) is 4.05. The summed E-state index contributed by atoms with van der Waals surface area (Å²) < 4.78 is 0. The third kappa shape index (κ3) is 2.27. The zero-order valence-corrected chi connectivity index (χ0v) is 11.4. The molecule has 1 aliphatic heterocycles. The van der Waals surface area contributed by atoms with Crippen LogP contribution in [0.15, 0.2) is 12.1 Å². The summed E-state index contributed by atoms with van der Waals surface area (Å²) in [7, 11) is 0. The van der Waals surface area contributed by atoms with Gasteiger partial charge in [0.1, 0.15) is 0 Å². The van der Waals surface area contributed by atoms with Crippen molar-refractivity contribution in [3.8, 4) is 0 Å². The van der Waals surface area contributed by atoms with E-state index in [4.69, 9.17) is 0 Å². The number of carbonyl (C=O) groups excluding carboxylic acids is 1. The van der Waals surface area contributed by atoms with Crippen LogP contribution in [-0.4, -0.2) is 35.1 Å². The largest absolute Gasteiger partial charge is 0.394 e. The smallest absolute Gasteiger partial charge is 0.254 e. The normalized spacial score (nSPS) is 19.3. The first-order valence-electron chi connectivity index (χ1n) is 6.54. The fraction of sp³-hybridized carbons (Fsp3) is 0.533. The van der Waals surface area contributed by atoms with Crippen molar-refractivity contribution < 1.29 is 9.90 Å². The fourth-order valence-corrected chi connectivity index (χ4v) is 2.95. The van der Waals surface area contributed by atoms with Gasteiger partial charge < -0.3 is 10.0 Å². The van der Waals surface area contributed by atoms with E-state index in [1.54, 1.807) is 0 Å². The number of aryl methyl sites for hydroxylation is 3. The minimum Gasteiger partial charge on any atom is -0.394 e. The summed E-state index contributed by atoms with van der Waals surface area (Å²) in [4.78, 5) is 14.4. The maximum absolute atomic E-state index is 12.6. The molecule has 0 radical (unpaired) electrons. The van der Waals surface area contributed by atoms with Crippen molar-refractivity contribution in [3.63, 3.8) is 0 Å². The monoisotopic (exact) mass is 247 g/mol. The minimum absolute atomic E-state index is 0.00222. The van der Waals surface area contributed by atoms with Crippen LogP contribution in [0.2, 0.25) is 0 Å². The van der Waals surface area contributed by atoms with Crippen LogP contribution in [-0.2, 0) is 0 Å². The predicted octanol–water partition coefficient (Wildman–Crippen LogP) is 2.21. The van der Waals surface area contributed by atoms with Crippen molar-refractivity contribution in [3.05, 3.63) is 34.4 Å². The predicted molar refractivity (Wildman–Crippen MR) is 71.8 cm³/mol. The molecule has 0 saturated carbocycles. The van der Waals surface area contributed by atoms with Gasteiger partial charge in [-0.15, -0.1) is 0 Å². The third-order valence-electron chi connectivity index (χ3n) is 3.74. The minimum atomic E-state index is -0.00222. The molecule has 1 aromatic rings. The molecular weight excluding hydrogens is 226 g/mol. The summed E-state index contributed by atoms with van der Waals surface area (Å²) in [6.07, 6.45) is 1.90. The average molecular weight is 247 g/mol. The molecule has 1 atom stereocenters. The van der Waals surface area contributed by atoms with Crippen molar-refractivity contribution >= 4 is 5.91 Å². The second-order valence-corrected chi connectivity index (χ2v) is 5.25. The summed E-state index contributed by atoms with van der Waals surface area (Å²) in [6, 6.07) is 4.09. The molecule has 3 heteroatoms. The highest BCUT2D eigenvalue weighted by atomic mass is 16.3. The van der Waals surface area contributed by atoms with Gasteiger partial charge in [0.15, 0.2) is 0 Å². The molecule has 1 aromatic carbocycles. The van der Waals surface area contributed by atoms with Gasteiger partial charge in [0.05, 0.1) is 12.6 Å². The van der Waals surface area contributed by atoms with E-state index < -0.39 is 0 Å². The molecule has 3 nitrogen and oxygen atoms in total. The molecule has 1 fully saturated rings. The van der Waals surface area contributed by atoms with Crippen molar-refractivity contribution in [2.45, 2.75) is 39.7 Å². The average Bonchev–Trinajstić information content (AvgIpc) is 2.75. The molecule has 0 aliphatic carbocycles. The van der Waals surface area contributed by atoms with Crippen LogP contribution in [0, 0.1) is 20.8 Å². The van der Waals surface area contributed by atoms with E-state index in [1.165, 1.54) is 5.56 Å². The molecular formula is C15H21NO2. The van der Waals surface area contributed by atoms with Crippen LogP contribution < -0.4 is 0 Å². The Kier molecular flexibility index (Phi) is 3.71. The Labute approximate surface area is 108 Å². The molecule has 1 heterocycles. The molecule has 0 unspecified atom stereocenters. The van der Waals surface area contributed by atoms with Crippen LogP contribution in [0.3, 0.4) is 0 Å². The molecule has 1 saturated heterocycles. The van der Waals surface area contributed by atoms with E-state index in [1.807, 2.05) is 37.8 Å². The van der Waals surface area contributed by atoms with E-state index in [0.717, 1.165) is 36.1 Å². The van der Waals surface area contributed by atoms with Crippen molar-refractivity contribution in [1.29, 1.82) is 0 Å². The highest BCUT2D eigenvalue weighted by molar-refractivity contribution is 5.97. The first-order chi connectivity index (χ1) is 8.54. The Bertz CT molecular complexity index is 445. The van der Waals surface area contributed by atoms with Crippen LogP contribution >= 0.6 is 0 Å². The lowest BCUT2D eigenvalue weighted by Crippen LogP contribution is -2.38. The molecule has 0 aromatic heterocycles. The Morgan fingerprint density at radius 2 is 1.94 bits per heavy atom. The van der Waals surface area contributed by atoms with Crippen LogP contribution in [0.1, 0.15) is 39.9 Å². The number of aliphatic hydroxyl groups is 1. The van der Waals surface area contributed by atoms with Gasteiger partial charge in [-0.25, -0.2) is 0 Å². The second-order valence-electron chi connectivity index (χ2n) is 5.25. The number of benzene rings is 1. The molecule has 1 N–H and O–H groups in total. The lowest BCUT2D eigenvalue weighted by atomic mass is 9.98. The van der Waals surface area contributed by atoms with Gasteiger partial charge in [-0.3, -0.25) is 4.79 Å². The van der Waals surface area contributed by atoms with Gasteiger partial charge in [0.25, 0.3) is 5.91 Å². The number of rotatable bonds is 2. The highest BCUT2D eigenvalue weighted by Crippen LogP contribution is 2.24. The van der Waals surface area contributed by atoms with Crippen molar-refractivity contribution in [2.75, 3.05) is 13.2 Å². The van der Waals surface area contributed by atoms with Gasteiger partial charge >= 0.3 is 0 Å². The Morgan fingerprint density at radius 1 is 1.33 bits per heavy atom. The number of aliphatic hydroxyl groups excluding tert-OH is 1.